The Balaban J connectivity index is 1.97. The van der Waals surface area contributed by atoms with Crippen LogP contribution in [0, 0.1) is 10.1 Å². The summed E-state index contributed by atoms with van der Waals surface area (Å²) < 4.78 is 39.5. The molecule has 0 fully saturated rings. The molecule has 1 aromatic heterocycles. The van der Waals surface area contributed by atoms with E-state index in [2.05, 4.69) is 31.0 Å². The summed E-state index contributed by atoms with van der Waals surface area (Å²) in [4.78, 5) is 14.4. The van der Waals surface area contributed by atoms with Crippen molar-refractivity contribution in [3.8, 4) is 11.5 Å². The monoisotopic (exact) mass is 508 g/mol. The first-order valence-corrected chi connectivity index (χ1v) is 10.9. The number of hydrogen-bond acceptors (Lipinski definition) is 8. The first-order chi connectivity index (χ1) is 14.7. The molecule has 3 rings (SSSR count). The van der Waals surface area contributed by atoms with Crippen molar-refractivity contribution in [1.29, 1.82) is 0 Å². The smallest absolute Gasteiger partial charge is 0.311 e. The molecule has 0 saturated heterocycles. The molecular weight excluding hydrogens is 492 g/mol. The van der Waals surface area contributed by atoms with Crippen molar-refractivity contribution in [2.24, 2.45) is 0 Å². The van der Waals surface area contributed by atoms with Crippen LogP contribution in [0.3, 0.4) is 0 Å². The third-order valence-corrected chi connectivity index (χ3v) is 6.13. The summed E-state index contributed by atoms with van der Waals surface area (Å²) >= 11 is 3.31. The van der Waals surface area contributed by atoms with Gasteiger partial charge in [0, 0.05) is 18.0 Å². The first kappa shape index (κ1) is 22.3. The fraction of sp³-hybridized carbons (Fsp3) is 0.105. The van der Waals surface area contributed by atoms with Crippen LogP contribution >= 0.6 is 15.9 Å². The minimum absolute atomic E-state index is 0.0203. The Morgan fingerprint density at radius 2 is 1.71 bits per heavy atom. The van der Waals surface area contributed by atoms with E-state index in [4.69, 9.17) is 9.47 Å². The fourth-order valence-electron chi connectivity index (χ4n) is 2.68. The predicted molar refractivity (Wildman–Crippen MR) is 119 cm³/mol. The number of anilines is 3. The molecule has 0 bridgehead atoms. The topological polar surface area (TPSA) is 133 Å². The SMILES string of the molecule is COc1ccc(NS(=O)(=O)c2cc(Nc3ncccc3[N+](=O)[O-])ccc2OC)cc1Br. The number of hydrogen-bond donors (Lipinski definition) is 2. The van der Waals surface area contributed by atoms with Gasteiger partial charge in [0.25, 0.3) is 10.0 Å². The van der Waals surface area contributed by atoms with Crippen LogP contribution in [0.2, 0.25) is 0 Å². The summed E-state index contributed by atoms with van der Waals surface area (Å²) in [6.45, 7) is 0. The van der Waals surface area contributed by atoms with Gasteiger partial charge in [-0.25, -0.2) is 13.4 Å². The van der Waals surface area contributed by atoms with Crippen molar-refractivity contribution in [3.63, 3.8) is 0 Å². The number of benzene rings is 2. The van der Waals surface area contributed by atoms with Gasteiger partial charge in [-0.3, -0.25) is 14.8 Å². The van der Waals surface area contributed by atoms with E-state index in [0.717, 1.165) is 0 Å². The highest BCUT2D eigenvalue weighted by molar-refractivity contribution is 9.10. The Bertz CT molecular complexity index is 1240. The number of halogens is 1. The molecule has 0 saturated carbocycles. The summed E-state index contributed by atoms with van der Waals surface area (Å²) in [5.74, 6) is 0.623. The lowest BCUT2D eigenvalue weighted by Gasteiger charge is -2.14. The zero-order valence-electron chi connectivity index (χ0n) is 16.3. The second kappa shape index (κ2) is 9.18. The van der Waals surface area contributed by atoms with Gasteiger partial charge in [0.05, 0.1) is 29.3 Å². The zero-order valence-corrected chi connectivity index (χ0v) is 18.7. The van der Waals surface area contributed by atoms with E-state index in [1.54, 1.807) is 18.2 Å². The molecule has 0 unspecified atom stereocenters. The lowest BCUT2D eigenvalue weighted by atomic mass is 10.3. The average molecular weight is 509 g/mol. The van der Waals surface area contributed by atoms with E-state index < -0.39 is 14.9 Å². The Hall–Kier alpha value is -3.38. The van der Waals surface area contributed by atoms with E-state index in [-0.39, 0.29) is 27.8 Å². The third kappa shape index (κ3) is 5.03. The lowest BCUT2D eigenvalue weighted by molar-refractivity contribution is -0.384. The maximum absolute atomic E-state index is 13.0. The molecular formula is C19H17BrN4O6S. The maximum Gasteiger partial charge on any atom is 0.311 e. The summed E-state index contributed by atoms with van der Waals surface area (Å²) in [6, 6.07) is 11.7. The summed E-state index contributed by atoms with van der Waals surface area (Å²) in [5, 5.41) is 14.0. The van der Waals surface area contributed by atoms with E-state index in [1.165, 1.54) is 50.7 Å². The number of aromatic nitrogens is 1. The Labute approximate surface area is 186 Å². The quantitative estimate of drug-likeness (QED) is 0.339. The molecule has 0 spiro atoms. The number of sulfonamides is 1. The Morgan fingerprint density at radius 1 is 1.03 bits per heavy atom. The minimum Gasteiger partial charge on any atom is -0.496 e. The summed E-state index contributed by atoms with van der Waals surface area (Å²) in [5.41, 5.74) is 0.330. The number of methoxy groups -OCH3 is 2. The van der Waals surface area contributed by atoms with Gasteiger partial charge in [-0.05, 0) is 58.4 Å². The third-order valence-electron chi connectivity index (χ3n) is 4.10. The molecule has 12 heteroatoms. The largest absolute Gasteiger partial charge is 0.496 e. The molecule has 2 aromatic carbocycles. The average Bonchev–Trinajstić information content (AvgIpc) is 2.74. The van der Waals surface area contributed by atoms with Gasteiger partial charge in [0.15, 0.2) is 0 Å². The number of rotatable bonds is 8. The first-order valence-electron chi connectivity index (χ1n) is 8.66. The molecule has 3 aromatic rings. The van der Waals surface area contributed by atoms with Crippen LogP contribution in [0.4, 0.5) is 22.9 Å². The molecule has 0 aliphatic carbocycles. The highest BCUT2D eigenvalue weighted by Gasteiger charge is 2.22. The molecule has 0 aliphatic heterocycles. The fourth-order valence-corrected chi connectivity index (χ4v) is 4.47. The molecule has 1 heterocycles. The van der Waals surface area contributed by atoms with Crippen molar-refractivity contribution >= 4 is 48.8 Å². The van der Waals surface area contributed by atoms with E-state index in [1.807, 2.05) is 0 Å². The van der Waals surface area contributed by atoms with E-state index in [9.17, 15) is 18.5 Å². The lowest BCUT2D eigenvalue weighted by Crippen LogP contribution is -2.14. The molecule has 31 heavy (non-hydrogen) atoms. The molecule has 0 atom stereocenters. The number of nitro groups is 1. The standard InChI is InChI=1S/C19H17BrN4O6S/c1-29-16-7-6-13(10-14(16)20)23-31(27,28)18-11-12(5-8-17(18)30-2)22-19-15(24(25)26)4-3-9-21-19/h3-11,23H,1-2H3,(H,21,22). The van der Waals surface area contributed by atoms with Crippen LogP contribution in [0.25, 0.3) is 0 Å². The van der Waals surface area contributed by atoms with Gasteiger partial charge in [0.2, 0.25) is 5.82 Å². The van der Waals surface area contributed by atoms with Gasteiger partial charge in [0.1, 0.15) is 16.4 Å². The summed E-state index contributed by atoms with van der Waals surface area (Å²) in [6.07, 6.45) is 1.39. The van der Waals surface area contributed by atoms with Crippen molar-refractivity contribution in [1.82, 2.24) is 4.98 Å². The second-order valence-electron chi connectivity index (χ2n) is 6.07. The maximum atomic E-state index is 13.0. The molecule has 0 amide bonds. The van der Waals surface area contributed by atoms with Crippen molar-refractivity contribution < 1.29 is 22.8 Å². The van der Waals surface area contributed by atoms with E-state index >= 15 is 0 Å². The van der Waals surface area contributed by atoms with Gasteiger partial charge < -0.3 is 14.8 Å². The van der Waals surface area contributed by atoms with Gasteiger partial charge in [-0.15, -0.1) is 0 Å². The van der Waals surface area contributed by atoms with Crippen molar-refractivity contribution in [2.75, 3.05) is 24.3 Å². The molecule has 2 N–H and O–H groups in total. The van der Waals surface area contributed by atoms with Gasteiger partial charge >= 0.3 is 5.69 Å². The normalized spacial score (nSPS) is 10.9. The van der Waals surface area contributed by atoms with Crippen LogP contribution in [0.5, 0.6) is 11.5 Å². The predicted octanol–water partition coefficient (Wildman–Crippen LogP) is 4.31. The van der Waals surface area contributed by atoms with Gasteiger partial charge in [-0.2, -0.15) is 0 Å². The Kier molecular flexibility index (Phi) is 6.61. The zero-order chi connectivity index (χ0) is 22.6. The molecule has 0 radical (unpaired) electrons. The molecule has 0 aliphatic rings. The Morgan fingerprint density at radius 3 is 2.35 bits per heavy atom. The molecule has 162 valence electrons. The minimum atomic E-state index is -4.06. The second-order valence-corrected chi connectivity index (χ2v) is 8.58. The number of nitrogens with zero attached hydrogens (tertiary/aromatic N) is 2. The van der Waals surface area contributed by atoms with Crippen LogP contribution < -0.4 is 19.5 Å². The van der Waals surface area contributed by atoms with Crippen LogP contribution in [-0.4, -0.2) is 32.5 Å². The van der Waals surface area contributed by atoms with Crippen LogP contribution in [-0.2, 0) is 10.0 Å². The van der Waals surface area contributed by atoms with Crippen molar-refractivity contribution in [2.45, 2.75) is 4.90 Å². The number of nitrogens with one attached hydrogen (secondary N) is 2. The van der Waals surface area contributed by atoms with Crippen molar-refractivity contribution in [3.05, 3.63) is 69.3 Å². The van der Waals surface area contributed by atoms with Gasteiger partial charge in [-0.1, -0.05) is 0 Å². The highest BCUT2D eigenvalue weighted by Crippen LogP contribution is 2.33. The number of ether oxygens (including phenoxy) is 2. The summed E-state index contributed by atoms with van der Waals surface area (Å²) in [7, 11) is -1.22. The molecule has 10 nitrogen and oxygen atoms in total. The van der Waals surface area contributed by atoms with Crippen LogP contribution in [0.15, 0.2) is 64.1 Å². The van der Waals surface area contributed by atoms with Crippen LogP contribution in [0.1, 0.15) is 0 Å². The highest BCUT2D eigenvalue weighted by atomic mass is 79.9. The van der Waals surface area contributed by atoms with E-state index in [0.29, 0.717) is 15.9 Å². The number of pyridine rings is 1.